The lowest BCUT2D eigenvalue weighted by Gasteiger charge is -2.35. The maximum atomic E-state index is 12.5. The van der Waals surface area contributed by atoms with Crippen molar-refractivity contribution in [3.05, 3.63) is 51.0 Å². The summed E-state index contributed by atoms with van der Waals surface area (Å²) in [6.07, 6.45) is 1.47. The van der Waals surface area contributed by atoms with Gasteiger partial charge >= 0.3 is 0 Å². The third-order valence-corrected chi connectivity index (χ3v) is 5.69. The number of nitrogens with zero attached hydrogens (tertiary/aromatic N) is 5. The fourth-order valence-corrected chi connectivity index (χ4v) is 3.99. The van der Waals surface area contributed by atoms with E-state index < -0.39 is 0 Å². The quantitative estimate of drug-likeness (QED) is 0.707. The number of aliphatic hydroxyl groups excluding tert-OH is 1. The number of amides is 1. The van der Waals surface area contributed by atoms with Crippen LogP contribution in [0.1, 0.15) is 15.5 Å². The minimum Gasteiger partial charge on any atom is -0.395 e. The van der Waals surface area contributed by atoms with Crippen LogP contribution in [0.3, 0.4) is 0 Å². The topological polar surface area (TPSA) is 91.6 Å². The monoisotopic (exact) mass is 399 g/mol. The fraction of sp³-hybridized carbons (Fsp3) is 0.368. The molecule has 4 rings (SSSR count). The molecule has 3 heterocycles. The Morgan fingerprint density at radius 2 is 2.04 bits per heavy atom. The summed E-state index contributed by atoms with van der Waals surface area (Å²) >= 11 is 1.48. The van der Waals surface area contributed by atoms with Gasteiger partial charge in [-0.1, -0.05) is 0 Å². The molecule has 0 unspecified atom stereocenters. The van der Waals surface area contributed by atoms with E-state index in [1.807, 2.05) is 29.3 Å². The molecule has 1 saturated heterocycles. The van der Waals surface area contributed by atoms with Crippen molar-refractivity contribution in [2.75, 3.05) is 37.7 Å². The first kappa shape index (κ1) is 18.6. The molecule has 3 aromatic rings. The summed E-state index contributed by atoms with van der Waals surface area (Å²) in [6.45, 7) is 4.69. The number of carbonyl (C=O) groups is 1. The largest absolute Gasteiger partial charge is 0.395 e. The molecule has 1 aromatic carbocycles. The van der Waals surface area contributed by atoms with E-state index in [4.69, 9.17) is 5.11 Å². The SMILES string of the molecule is Cc1nc(C(=O)N2CCN(c3ccc4c(=O)n(CCO)cnc4c3)CC2)cs1. The van der Waals surface area contributed by atoms with Gasteiger partial charge in [0.15, 0.2) is 0 Å². The van der Waals surface area contributed by atoms with Gasteiger partial charge in [0.2, 0.25) is 0 Å². The van der Waals surface area contributed by atoms with Gasteiger partial charge in [-0.3, -0.25) is 14.2 Å². The van der Waals surface area contributed by atoms with Crippen molar-refractivity contribution in [2.24, 2.45) is 0 Å². The summed E-state index contributed by atoms with van der Waals surface area (Å²) in [5, 5.41) is 12.3. The van der Waals surface area contributed by atoms with Gasteiger partial charge < -0.3 is 14.9 Å². The van der Waals surface area contributed by atoms with Gasteiger partial charge in [0, 0.05) is 37.2 Å². The van der Waals surface area contributed by atoms with Gasteiger partial charge in [0.1, 0.15) is 5.69 Å². The number of rotatable bonds is 4. The smallest absolute Gasteiger partial charge is 0.273 e. The normalized spacial score (nSPS) is 14.6. The molecule has 28 heavy (non-hydrogen) atoms. The van der Waals surface area contributed by atoms with Crippen LogP contribution >= 0.6 is 11.3 Å². The summed E-state index contributed by atoms with van der Waals surface area (Å²) in [6, 6.07) is 5.60. The summed E-state index contributed by atoms with van der Waals surface area (Å²) in [4.78, 5) is 37.6. The lowest BCUT2D eigenvalue weighted by atomic mass is 10.2. The van der Waals surface area contributed by atoms with Crippen LogP contribution in [0.5, 0.6) is 0 Å². The van der Waals surface area contributed by atoms with Crippen LogP contribution in [-0.4, -0.2) is 63.2 Å². The number of piperazine rings is 1. The van der Waals surface area contributed by atoms with Crippen molar-refractivity contribution in [3.8, 4) is 0 Å². The van der Waals surface area contributed by atoms with E-state index in [2.05, 4.69) is 14.9 Å². The van der Waals surface area contributed by atoms with Crippen molar-refractivity contribution in [1.82, 2.24) is 19.4 Å². The second-order valence-corrected chi connectivity index (χ2v) is 7.76. The number of benzene rings is 1. The van der Waals surface area contributed by atoms with Gasteiger partial charge in [0.25, 0.3) is 11.5 Å². The van der Waals surface area contributed by atoms with Crippen LogP contribution in [0.4, 0.5) is 5.69 Å². The van der Waals surface area contributed by atoms with Crippen molar-refractivity contribution in [3.63, 3.8) is 0 Å². The molecular formula is C19H21N5O3S. The van der Waals surface area contributed by atoms with E-state index in [1.165, 1.54) is 22.2 Å². The van der Waals surface area contributed by atoms with Crippen LogP contribution < -0.4 is 10.5 Å². The number of hydrogen-bond donors (Lipinski definition) is 1. The van der Waals surface area contributed by atoms with Crippen LogP contribution in [0.25, 0.3) is 10.9 Å². The van der Waals surface area contributed by atoms with Gasteiger partial charge in [0.05, 0.1) is 35.4 Å². The highest BCUT2D eigenvalue weighted by Crippen LogP contribution is 2.21. The number of thiazole rings is 1. The molecule has 1 aliphatic rings. The Bertz CT molecular complexity index is 1070. The lowest BCUT2D eigenvalue weighted by Crippen LogP contribution is -2.48. The van der Waals surface area contributed by atoms with E-state index in [0.29, 0.717) is 42.8 Å². The highest BCUT2D eigenvalue weighted by Gasteiger charge is 2.24. The van der Waals surface area contributed by atoms with Crippen molar-refractivity contribution in [1.29, 1.82) is 0 Å². The fourth-order valence-electron chi connectivity index (χ4n) is 3.40. The molecule has 0 spiro atoms. The van der Waals surface area contributed by atoms with Gasteiger partial charge in [-0.25, -0.2) is 9.97 Å². The van der Waals surface area contributed by atoms with Gasteiger partial charge in [-0.15, -0.1) is 11.3 Å². The number of fused-ring (bicyclic) bond motifs is 1. The van der Waals surface area contributed by atoms with Gasteiger partial charge in [-0.2, -0.15) is 0 Å². The second-order valence-electron chi connectivity index (χ2n) is 6.70. The Morgan fingerprint density at radius 3 is 2.71 bits per heavy atom. The summed E-state index contributed by atoms with van der Waals surface area (Å²) in [5.41, 5.74) is 1.98. The summed E-state index contributed by atoms with van der Waals surface area (Å²) in [5.74, 6) is -0.0198. The van der Waals surface area contributed by atoms with E-state index in [9.17, 15) is 9.59 Å². The maximum absolute atomic E-state index is 12.5. The molecule has 1 fully saturated rings. The predicted molar refractivity (Wildman–Crippen MR) is 108 cm³/mol. The molecular weight excluding hydrogens is 378 g/mol. The molecule has 2 aromatic heterocycles. The average Bonchev–Trinajstić information content (AvgIpc) is 3.16. The molecule has 9 heteroatoms. The molecule has 146 valence electrons. The average molecular weight is 399 g/mol. The molecule has 0 bridgehead atoms. The highest BCUT2D eigenvalue weighted by molar-refractivity contribution is 7.09. The van der Waals surface area contributed by atoms with Crippen LogP contribution in [0, 0.1) is 6.92 Å². The molecule has 1 N–H and O–H groups in total. The summed E-state index contributed by atoms with van der Waals surface area (Å²) in [7, 11) is 0. The first-order valence-corrected chi connectivity index (χ1v) is 10.0. The highest BCUT2D eigenvalue weighted by atomic mass is 32.1. The zero-order valence-electron chi connectivity index (χ0n) is 15.5. The van der Waals surface area contributed by atoms with E-state index in [0.717, 1.165) is 10.7 Å². The zero-order chi connectivity index (χ0) is 19.7. The van der Waals surface area contributed by atoms with Crippen molar-refractivity contribution < 1.29 is 9.90 Å². The molecule has 1 aliphatic heterocycles. The molecule has 0 radical (unpaired) electrons. The number of aryl methyl sites for hydroxylation is 1. The minimum absolute atomic E-state index is 0.0198. The molecule has 8 nitrogen and oxygen atoms in total. The Kier molecular flexibility index (Phi) is 5.10. The molecule has 0 saturated carbocycles. The molecule has 1 amide bonds. The molecule has 0 aliphatic carbocycles. The van der Waals surface area contributed by atoms with Crippen LogP contribution in [0.15, 0.2) is 34.7 Å². The van der Waals surface area contributed by atoms with E-state index in [1.54, 1.807) is 6.07 Å². The number of anilines is 1. The van der Waals surface area contributed by atoms with Gasteiger partial charge in [-0.05, 0) is 25.1 Å². The summed E-state index contributed by atoms with van der Waals surface area (Å²) < 4.78 is 1.41. The number of hydrogen-bond acceptors (Lipinski definition) is 7. The Hall–Kier alpha value is -2.78. The Morgan fingerprint density at radius 1 is 1.25 bits per heavy atom. The van der Waals surface area contributed by atoms with E-state index >= 15 is 0 Å². The van der Waals surface area contributed by atoms with Crippen molar-refractivity contribution >= 4 is 33.8 Å². The number of carbonyl (C=O) groups excluding carboxylic acids is 1. The third-order valence-electron chi connectivity index (χ3n) is 4.92. The van der Waals surface area contributed by atoms with E-state index in [-0.39, 0.29) is 24.6 Å². The second kappa shape index (κ2) is 7.69. The lowest BCUT2D eigenvalue weighted by molar-refractivity contribution is 0.0741. The predicted octanol–water partition coefficient (Wildman–Crippen LogP) is 1.12. The Labute approximate surface area is 165 Å². The number of aliphatic hydroxyl groups is 1. The third kappa shape index (κ3) is 3.50. The first-order chi connectivity index (χ1) is 13.6. The first-order valence-electron chi connectivity index (χ1n) is 9.13. The van der Waals surface area contributed by atoms with Crippen molar-refractivity contribution in [2.45, 2.75) is 13.5 Å². The molecule has 0 atom stereocenters. The standard InChI is InChI=1S/C19H21N5O3S/c1-13-21-17(11-28-13)19(27)23-6-4-22(5-7-23)14-2-3-15-16(10-14)20-12-24(8-9-25)18(15)26/h2-3,10-12,25H,4-9H2,1H3. The number of aromatic nitrogens is 3. The van der Waals surface area contributed by atoms with Crippen LogP contribution in [-0.2, 0) is 6.54 Å². The van der Waals surface area contributed by atoms with Crippen LogP contribution in [0.2, 0.25) is 0 Å². The minimum atomic E-state index is -0.153. The Balaban J connectivity index is 1.48. The maximum Gasteiger partial charge on any atom is 0.273 e. The zero-order valence-corrected chi connectivity index (χ0v) is 16.4.